The van der Waals surface area contributed by atoms with E-state index in [-0.39, 0.29) is 7.43 Å². The first-order valence-electron chi connectivity index (χ1n) is 4.72. The Morgan fingerprint density at radius 3 is 0.889 bits per heavy atom. The molecule has 0 amide bonds. The van der Waals surface area contributed by atoms with Crippen LogP contribution in [0.25, 0.3) is 0 Å². The molecule has 0 aromatic carbocycles. The molecule has 1 nitrogen and oxygen atoms in total. The molecule has 0 heterocycles. The highest BCUT2D eigenvalue weighted by Gasteiger charge is 1.60. The van der Waals surface area contributed by atoms with Gasteiger partial charge in [0.2, 0.25) is 0 Å². The minimum Gasteiger partial charge on any atom is -0.400 e. The van der Waals surface area contributed by atoms with E-state index in [4.69, 9.17) is 26.5 Å². The molecule has 0 saturated carbocycles. The van der Waals surface area contributed by atoms with Crippen LogP contribution in [0.15, 0.2) is 0 Å². The fourth-order valence-corrected chi connectivity index (χ4v) is 0. The standard InChI is InChI=1S/C2H6S2.C2H6S.2C2H6.CH4O.CH4.Cl2S2/c1-3-4-2;1-3-2;3*1-2;;1-4(2)3/h1-2H3;1-2H3;2*1-2H3;2H,1H3;1H4;. The molecule has 0 aliphatic rings. The van der Waals surface area contributed by atoms with Crippen LogP contribution in [0.2, 0.25) is 0 Å². The van der Waals surface area contributed by atoms with Gasteiger partial charge in [0.1, 0.15) is 0 Å². The molecular formula is C10H32Cl2OS5. The van der Waals surface area contributed by atoms with Crippen molar-refractivity contribution in [2.24, 2.45) is 0 Å². The molecule has 0 bridgehead atoms. The number of hydrogen-bond acceptors (Lipinski definition) is 5. The second-order valence-electron chi connectivity index (χ2n) is 0.926. The van der Waals surface area contributed by atoms with Crippen molar-refractivity contribution >= 4 is 73.8 Å². The summed E-state index contributed by atoms with van der Waals surface area (Å²) in [5, 5.41) is 7.00. The third-order valence-electron chi connectivity index (χ3n) is 0.167. The average Bonchev–Trinajstić information content (AvgIpc) is 2.36. The number of aliphatic hydroxyl groups is 1. The van der Waals surface area contributed by atoms with E-state index in [1.54, 1.807) is 33.3 Å². The second-order valence-corrected chi connectivity index (χ2v) is 9.20. The van der Waals surface area contributed by atoms with Gasteiger partial charge in [0.05, 0.1) is 7.88 Å². The van der Waals surface area contributed by atoms with Crippen molar-refractivity contribution in [1.82, 2.24) is 0 Å². The Labute approximate surface area is 145 Å². The van der Waals surface area contributed by atoms with E-state index in [0.29, 0.717) is 0 Å². The number of rotatable bonds is 1. The topological polar surface area (TPSA) is 20.2 Å². The van der Waals surface area contributed by atoms with Gasteiger partial charge in [-0.2, -0.15) is 11.8 Å². The van der Waals surface area contributed by atoms with Crippen molar-refractivity contribution < 1.29 is 5.11 Å². The highest BCUT2D eigenvalue weighted by atomic mass is 36.0. The smallest absolute Gasteiger partial charge is 0.0639 e. The van der Waals surface area contributed by atoms with Crippen LogP contribution in [0.3, 0.4) is 0 Å². The summed E-state index contributed by atoms with van der Waals surface area (Å²) in [6.45, 7) is 8.00. The summed E-state index contributed by atoms with van der Waals surface area (Å²) in [4.78, 5) is 0. The third kappa shape index (κ3) is 536. The Kier molecular flexibility index (Phi) is 225. The number of hydrogen-bond donors (Lipinski definition) is 1. The molecule has 0 rings (SSSR count). The molecule has 0 aliphatic carbocycles. The van der Waals surface area contributed by atoms with Crippen molar-refractivity contribution in [1.29, 1.82) is 0 Å². The van der Waals surface area contributed by atoms with Crippen molar-refractivity contribution in [2.45, 2.75) is 35.1 Å². The van der Waals surface area contributed by atoms with Gasteiger partial charge in [-0.25, -0.2) is 0 Å². The van der Waals surface area contributed by atoms with Crippen molar-refractivity contribution in [3.63, 3.8) is 0 Å². The van der Waals surface area contributed by atoms with Gasteiger partial charge in [-0.15, -0.1) is 0 Å². The molecule has 0 fully saturated rings. The summed E-state index contributed by atoms with van der Waals surface area (Å²) in [5.41, 5.74) is 0. The quantitative estimate of drug-likeness (QED) is 0.412. The third-order valence-corrected chi connectivity index (χ3v) is 1.50. The molecule has 0 aliphatic heterocycles. The van der Waals surface area contributed by atoms with Gasteiger partial charge in [0, 0.05) is 7.11 Å². The lowest BCUT2D eigenvalue weighted by Crippen LogP contribution is -1.35. The first-order chi connectivity index (χ1) is 8.06. The fourth-order valence-electron chi connectivity index (χ4n) is 0. The lowest BCUT2D eigenvalue weighted by Gasteiger charge is -1.69. The largest absolute Gasteiger partial charge is 0.400 e. The minimum atomic E-state index is -0.833. The normalized spacial score (nSPS) is 5.61. The maximum atomic E-state index is 7.00. The zero-order valence-corrected chi connectivity index (χ0v) is 17.8. The van der Waals surface area contributed by atoms with E-state index in [2.05, 4.69) is 23.7 Å². The van der Waals surface area contributed by atoms with E-state index >= 15 is 0 Å². The van der Waals surface area contributed by atoms with Crippen LogP contribution >= 0.6 is 54.7 Å². The van der Waals surface area contributed by atoms with Crippen LogP contribution in [0.4, 0.5) is 0 Å². The molecule has 1 N–H and O–H groups in total. The molecule has 122 valence electrons. The number of thioether (sulfide) groups is 1. The lowest BCUT2D eigenvalue weighted by atomic mass is 11.0. The van der Waals surface area contributed by atoms with Crippen LogP contribution in [0.1, 0.15) is 35.1 Å². The van der Waals surface area contributed by atoms with Crippen LogP contribution < -0.4 is 0 Å². The molecule has 0 aromatic rings. The van der Waals surface area contributed by atoms with Gasteiger partial charge < -0.3 is 5.11 Å². The van der Waals surface area contributed by atoms with Gasteiger partial charge in [-0.1, -0.05) is 56.7 Å². The Bertz CT molecular complexity index is 75.3. The van der Waals surface area contributed by atoms with Crippen LogP contribution in [-0.4, -0.2) is 37.2 Å². The summed E-state index contributed by atoms with van der Waals surface area (Å²) in [7, 11) is 13.5. The van der Waals surface area contributed by atoms with Gasteiger partial charge in [-0.3, -0.25) is 0 Å². The van der Waals surface area contributed by atoms with Crippen molar-refractivity contribution in [3.8, 4) is 0 Å². The van der Waals surface area contributed by atoms with E-state index < -0.39 is 7.88 Å². The monoisotopic (exact) mass is 398 g/mol. The predicted molar refractivity (Wildman–Crippen MR) is 110 cm³/mol. The summed E-state index contributed by atoms with van der Waals surface area (Å²) in [6.07, 6.45) is 8.20. The first-order valence-corrected chi connectivity index (χ1v) is 13.1. The van der Waals surface area contributed by atoms with Crippen molar-refractivity contribution in [3.05, 3.63) is 0 Å². The predicted octanol–water partition coefficient (Wildman–Crippen LogP) is 6.28. The van der Waals surface area contributed by atoms with E-state index in [9.17, 15) is 0 Å². The molecule has 0 unspecified atom stereocenters. The molecule has 8 heteroatoms. The summed E-state index contributed by atoms with van der Waals surface area (Å²) >= 11 is 5.93. The maximum absolute atomic E-state index is 7.00. The Morgan fingerprint density at radius 1 is 0.833 bits per heavy atom. The average molecular weight is 400 g/mol. The number of halogens is 2. The molecule has 0 atom stereocenters. The fraction of sp³-hybridized carbons (Fsp3) is 1.00. The van der Waals surface area contributed by atoms with E-state index in [1.165, 1.54) is 0 Å². The zero-order valence-electron chi connectivity index (χ0n) is 12.2. The van der Waals surface area contributed by atoms with Crippen molar-refractivity contribution in [2.75, 3.05) is 32.1 Å². The first kappa shape index (κ1) is 42.7. The summed E-state index contributed by atoms with van der Waals surface area (Å²) in [6, 6.07) is 0. The molecule has 0 aromatic heterocycles. The molecular weight excluding hydrogens is 367 g/mol. The van der Waals surface area contributed by atoms with Crippen LogP contribution in [-0.2, 0) is 19.1 Å². The Hall–Kier alpha value is 2.16. The highest BCUT2D eigenvalue weighted by molar-refractivity contribution is 8.76. The molecule has 0 spiro atoms. The second kappa shape index (κ2) is 94.9. The van der Waals surface area contributed by atoms with Gasteiger partial charge in [0.15, 0.2) is 0 Å². The lowest BCUT2D eigenvalue weighted by molar-refractivity contribution is 0.399. The highest BCUT2D eigenvalue weighted by Crippen LogP contribution is 2.09. The maximum Gasteiger partial charge on any atom is 0.0639 e. The molecule has 0 saturated heterocycles. The SMILES string of the molecule is C.CC.CC.CO.CSC.CSSC.S=S(Cl)Cl. The van der Waals surface area contributed by atoms with Gasteiger partial charge in [0.25, 0.3) is 0 Å². The Morgan fingerprint density at radius 2 is 0.889 bits per heavy atom. The molecule has 18 heavy (non-hydrogen) atoms. The van der Waals surface area contributed by atoms with Crippen LogP contribution in [0, 0.1) is 0 Å². The van der Waals surface area contributed by atoms with E-state index in [1.807, 2.05) is 40.2 Å². The van der Waals surface area contributed by atoms with Crippen LogP contribution in [0.5, 0.6) is 0 Å². The minimum absolute atomic E-state index is 0. The van der Waals surface area contributed by atoms with Gasteiger partial charge in [-0.05, 0) is 57.6 Å². The van der Waals surface area contributed by atoms with Gasteiger partial charge >= 0.3 is 0 Å². The van der Waals surface area contributed by atoms with E-state index in [0.717, 1.165) is 7.11 Å². The summed E-state index contributed by atoms with van der Waals surface area (Å²) < 4.78 is 0. The summed E-state index contributed by atoms with van der Waals surface area (Å²) in [5.74, 6) is 0. The molecule has 0 radical (unpaired) electrons. The zero-order chi connectivity index (χ0) is 15.7. The number of aliphatic hydroxyl groups excluding tert-OH is 1. The Balaban J connectivity index is -0.0000000165.